The van der Waals surface area contributed by atoms with Gasteiger partial charge in [-0.05, 0) is 28.3 Å². The summed E-state index contributed by atoms with van der Waals surface area (Å²) in [5, 5.41) is 13.8. The lowest BCUT2D eigenvalue weighted by Crippen LogP contribution is -2.45. The standard InChI is InChI=1S/C32H28N2O3/c35-30(34-29(31(36)37)20-23-22-33-28-19-11-10-18-27(23)28)21-32(24-12-4-1-5-13-24,25-14-6-2-7-15-25)26-16-8-3-9-17-26/h1-19,22,29,33H,20-21H2,(H,34,35)(H,36,37)/t29-/m0/s1. The topological polar surface area (TPSA) is 82.2 Å². The van der Waals surface area contributed by atoms with Crippen LogP contribution in [-0.4, -0.2) is 28.0 Å². The van der Waals surface area contributed by atoms with Crippen molar-refractivity contribution in [1.82, 2.24) is 10.3 Å². The molecule has 5 nitrogen and oxygen atoms in total. The lowest BCUT2D eigenvalue weighted by molar-refractivity contribution is -0.141. The van der Waals surface area contributed by atoms with Crippen LogP contribution in [0.3, 0.4) is 0 Å². The first-order valence-corrected chi connectivity index (χ1v) is 12.3. The Kier molecular flexibility index (Phi) is 6.86. The largest absolute Gasteiger partial charge is 0.480 e. The molecule has 4 aromatic carbocycles. The number of para-hydroxylation sites is 1. The van der Waals surface area contributed by atoms with Gasteiger partial charge >= 0.3 is 5.97 Å². The van der Waals surface area contributed by atoms with E-state index >= 15 is 0 Å². The molecule has 5 heteroatoms. The van der Waals surface area contributed by atoms with Crippen molar-refractivity contribution in [2.75, 3.05) is 0 Å². The quantitative estimate of drug-likeness (QED) is 0.233. The van der Waals surface area contributed by atoms with Crippen molar-refractivity contribution < 1.29 is 14.7 Å². The minimum atomic E-state index is -1.07. The maximum Gasteiger partial charge on any atom is 0.326 e. The molecule has 0 unspecified atom stereocenters. The number of aliphatic carboxylic acids is 1. The molecule has 1 atom stereocenters. The van der Waals surface area contributed by atoms with Crippen LogP contribution in [0.15, 0.2) is 121 Å². The van der Waals surface area contributed by atoms with Gasteiger partial charge in [0.15, 0.2) is 0 Å². The maximum atomic E-state index is 13.7. The second-order valence-corrected chi connectivity index (χ2v) is 9.20. The molecule has 1 heterocycles. The van der Waals surface area contributed by atoms with E-state index in [0.29, 0.717) is 0 Å². The lowest BCUT2D eigenvalue weighted by atomic mass is 9.67. The minimum absolute atomic E-state index is 0.0582. The maximum absolute atomic E-state index is 13.7. The molecule has 0 saturated carbocycles. The number of rotatable bonds is 9. The highest BCUT2D eigenvalue weighted by Gasteiger charge is 2.39. The van der Waals surface area contributed by atoms with Gasteiger partial charge in [0.1, 0.15) is 6.04 Å². The SMILES string of the molecule is O=C(CC(c1ccccc1)(c1ccccc1)c1ccccc1)N[C@@H](Cc1c[nH]c2ccccc12)C(=O)O. The Bertz CT molecular complexity index is 1400. The molecule has 184 valence electrons. The zero-order chi connectivity index (χ0) is 25.7. The molecule has 0 aliphatic heterocycles. The molecule has 37 heavy (non-hydrogen) atoms. The molecule has 0 aliphatic rings. The van der Waals surface area contributed by atoms with Crippen molar-refractivity contribution in [3.8, 4) is 0 Å². The van der Waals surface area contributed by atoms with Crippen LogP contribution in [0, 0.1) is 0 Å². The van der Waals surface area contributed by atoms with E-state index in [-0.39, 0.29) is 18.7 Å². The fourth-order valence-electron chi connectivity index (χ4n) is 5.18. The Labute approximate surface area is 215 Å². The summed E-state index contributed by atoms with van der Waals surface area (Å²) >= 11 is 0. The zero-order valence-corrected chi connectivity index (χ0v) is 20.3. The van der Waals surface area contributed by atoms with E-state index in [4.69, 9.17) is 0 Å². The lowest BCUT2D eigenvalue weighted by Gasteiger charge is -2.36. The summed E-state index contributed by atoms with van der Waals surface area (Å²) in [5.74, 6) is -1.40. The molecule has 0 saturated heterocycles. The van der Waals surface area contributed by atoms with Gasteiger partial charge in [-0.25, -0.2) is 4.79 Å². The number of H-pyrrole nitrogens is 1. The zero-order valence-electron chi connectivity index (χ0n) is 20.3. The van der Waals surface area contributed by atoms with Gasteiger partial charge in [0.25, 0.3) is 0 Å². The predicted molar refractivity (Wildman–Crippen MR) is 145 cm³/mol. The molecule has 0 radical (unpaired) electrons. The average molecular weight is 489 g/mol. The molecular weight excluding hydrogens is 460 g/mol. The molecule has 0 bridgehead atoms. The third-order valence-corrected chi connectivity index (χ3v) is 6.96. The van der Waals surface area contributed by atoms with E-state index in [1.54, 1.807) is 0 Å². The highest BCUT2D eigenvalue weighted by atomic mass is 16.4. The molecule has 1 amide bonds. The van der Waals surface area contributed by atoms with Crippen LogP contribution < -0.4 is 5.32 Å². The molecule has 1 aromatic heterocycles. The van der Waals surface area contributed by atoms with Gasteiger partial charge in [0.05, 0.1) is 5.41 Å². The van der Waals surface area contributed by atoms with Gasteiger partial charge in [0.2, 0.25) is 5.91 Å². The number of carboxylic acids is 1. The van der Waals surface area contributed by atoms with Crippen molar-refractivity contribution in [1.29, 1.82) is 0 Å². The smallest absolute Gasteiger partial charge is 0.326 e. The minimum Gasteiger partial charge on any atom is -0.480 e. The number of carbonyl (C=O) groups is 2. The second-order valence-electron chi connectivity index (χ2n) is 9.20. The van der Waals surface area contributed by atoms with Gasteiger partial charge in [-0.3, -0.25) is 4.79 Å². The summed E-state index contributed by atoms with van der Waals surface area (Å²) in [5.41, 5.74) is 3.88. The predicted octanol–water partition coefficient (Wildman–Crippen LogP) is 5.70. The van der Waals surface area contributed by atoms with Crippen LogP contribution in [0.1, 0.15) is 28.7 Å². The Balaban J connectivity index is 1.51. The molecule has 0 aliphatic carbocycles. The summed E-state index contributed by atoms with van der Waals surface area (Å²) in [6.07, 6.45) is 2.05. The molecular formula is C32H28N2O3. The van der Waals surface area contributed by atoms with Gasteiger partial charge in [-0.2, -0.15) is 0 Å². The van der Waals surface area contributed by atoms with Crippen molar-refractivity contribution in [3.63, 3.8) is 0 Å². The Morgan fingerprint density at radius 2 is 1.22 bits per heavy atom. The first-order valence-electron chi connectivity index (χ1n) is 12.3. The number of nitrogens with one attached hydrogen (secondary N) is 2. The Morgan fingerprint density at radius 1 is 0.730 bits per heavy atom. The number of aromatic nitrogens is 1. The van der Waals surface area contributed by atoms with E-state index in [0.717, 1.165) is 33.2 Å². The third-order valence-electron chi connectivity index (χ3n) is 6.96. The van der Waals surface area contributed by atoms with Gasteiger partial charge in [0, 0.05) is 29.9 Å². The first-order chi connectivity index (χ1) is 18.1. The van der Waals surface area contributed by atoms with Gasteiger partial charge < -0.3 is 15.4 Å². The fourth-order valence-corrected chi connectivity index (χ4v) is 5.18. The average Bonchev–Trinajstić information content (AvgIpc) is 3.35. The normalized spacial score (nSPS) is 12.2. The van der Waals surface area contributed by atoms with Crippen molar-refractivity contribution in [3.05, 3.63) is 144 Å². The van der Waals surface area contributed by atoms with Crippen molar-refractivity contribution in [2.45, 2.75) is 24.3 Å². The summed E-state index contributed by atoms with van der Waals surface area (Å²) in [6, 6.07) is 36.4. The summed E-state index contributed by atoms with van der Waals surface area (Å²) in [4.78, 5) is 29.1. The molecule has 0 fully saturated rings. The highest BCUT2D eigenvalue weighted by Crippen LogP contribution is 2.42. The summed E-state index contributed by atoms with van der Waals surface area (Å²) in [7, 11) is 0. The van der Waals surface area contributed by atoms with E-state index in [1.807, 2.05) is 121 Å². The van der Waals surface area contributed by atoms with Gasteiger partial charge in [-0.1, -0.05) is 109 Å². The van der Waals surface area contributed by atoms with E-state index in [9.17, 15) is 14.7 Å². The highest BCUT2D eigenvalue weighted by molar-refractivity contribution is 5.87. The second kappa shape index (κ2) is 10.5. The molecule has 0 spiro atoms. The van der Waals surface area contributed by atoms with Crippen LogP contribution >= 0.6 is 0 Å². The third kappa shape index (κ3) is 4.89. The number of carbonyl (C=O) groups excluding carboxylic acids is 1. The summed E-state index contributed by atoms with van der Waals surface area (Å²) in [6.45, 7) is 0. The molecule has 3 N–H and O–H groups in total. The number of fused-ring (bicyclic) bond motifs is 1. The molecule has 5 aromatic rings. The van der Waals surface area contributed by atoms with E-state index in [1.165, 1.54) is 0 Å². The van der Waals surface area contributed by atoms with Gasteiger partial charge in [-0.15, -0.1) is 0 Å². The van der Waals surface area contributed by atoms with Crippen molar-refractivity contribution in [2.24, 2.45) is 0 Å². The van der Waals surface area contributed by atoms with Crippen LogP contribution in [0.2, 0.25) is 0 Å². The van der Waals surface area contributed by atoms with E-state index < -0.39 is 17.4 Å². The van der Waals surface area contributed by atoms with Crippen LogP contribution in [-0.2, 0) is 21.4 Å². The Hall–Kier alpha value is -4.64. The number of benzene rings is 4. The van der Waals surface area contributed by atoms with Crippen LogP contribution in [0.4, 0.5) is 0 Å². The molecule has 5 rings (SSSR count). The monoisotopic (exact) mass is 488 g/mol. The Morgan fingerprint density at radius 3 is 1.73 bits per heavy atom. The number of amides is 1. The fraction of sp³-hybridized carbons (Fsp3) is 0.125. The summed E-state index contributed by atoms with van der Waals surface area (Å²) < 4.78 is 0. The number of aromatic amines is 1. The number of carboxylic acid groups (broad SMARTS) is 1. The van der Waals surface area contributed by atoms with Crippen LogP contribution in [0.25, 0.3) is 10.9 Å². The van der Waals surface area contributed by atoms with Crippen LogP contribution in [0.5, 0.6) is 0 Å². The van der Waals surface area contributed by atoms with E-state index in [2.05, 4.69) is 10.3 Å². The number of hydrogen-bond donors (Lipinski definition) is 3. The first kappa shape index (κ1) is 24.1. The van der Waals surface area contributed by atoms with Crippen molar-refractivity contribution >= 4 is 22.8 Å². The number of hydrogen-bond acceptors (Lipinski definition) is 2.